The lowest BCUT2D eigenvalue weighted by Crippen LogP contribution is -2.16. The molecule has 0 fully saturated rings. The zero-order chi connectivity index (χ0) is 51.7. The van der Waals surface area contributed by atoms with Gasteiger partial charge in [-0.2, -0.15) is 0 Å². The fourth-order valence-electron chi connectivity index (χ4n) is 4.89. The number of hydrogen-bond acceptors (Lipinski definition) is 25. The van der Waals surface area contributed by atoms with Gasteiger partial charge < -0.3 is 114 Å². The van der Waals surface area contributed by atoms with Crippen molar-refractivity contribution < 1.29 is 118 Å². The van der Waals surface area contributed by atoms with E-state index in [9.17, 15) is 4.79 Å². The second-order valence-corrected chi connectivity index (χ2v) is 14.2. The Bertz CT molecular complexity index is 982. The summed E-state index contributed by atoms with van der Waals surface area (Å²) in [7, 11) is 2.89. The zero-order valence-electron chi connectivity index (χ0n) is 43.8. The van der Waals surface area contributed by atoms with Crippen LogP contribution >= 0.6 is 0 Å². The lowest BCUT2D eigenvalue weighted by atomic mass is 10.6. The van der Waals surface area contributed by atoms with Gasteiger partial charge in [0.05, 0.1) is 291 Å². The van der Waals surface area contributed by atoms with E-state index < -0.39 is 6.16 Å². The van der Waals surface area contributed by atoms with Crippen molar-refractivity contribution in [2.24, 2.45) is 0 Å². The summed E-state index contributed by atoms with van der Waals surface area (Å²) in [6.07, 6.45) is -0.728. The summed E-state index contributed by atoms with van der Waals surface area (Å²) in [5.74, 6) is 0. The molecule has 25 nitrogen and oxygen atoms in total. The molecule has 25 heteroatoms. The summed E-state index contributed by atoms with van der Waals surface area (Å²) in [5.41, 5.74) is 0. The van der Waals surface area contributed by atoms with Gasteiger partial charge in [0.2, 0.25) is 0 Å². The Labute approximate surface area is 428 Å². The molecule has 0 bridgehead atoms. The molecule has 432 valence electrons. The maximum absolute atomic E-state index is 10.8. The van der Waals surface area contributed by atoms with E-state index in [0.717, 1.165) is 0 Å². The van der Waals surface area contributed by atoms with Gasteiger partial charge in [0.25, 0.3) is 0 Å². The molecule has 0 unspecified atom stereocenters. The summed E-state index contributed by atoms with van der Waals surface area (Å²) in [6, 6.07) is 0. The molecular formula is C47H94O25. The topological polar surface area (TPSA) is 239 Å². The molecule has 0 aromatic rings. The van der Waals surface area contributed by atoms with Crippen molar-refractivity contribution in [2.45, 2.75) is 0 Å². The van der Waals surface area contributed by atoms with E-state index in [1.807, 2.05) is 0 Å². The van der Waals surface area contributed by atoms with Gasteiger partial charge in [0.15, 0.2) is 0 Å². The smallest absolute Gasteiger partial charge is 0.438 e. The Morgan fingerprint density at radius 2 is 0.292 bits per heavy atom. The first kappa shape index (κ1) is 70.4. The molecule has 0 aliphatic heterocycles. The van der Waals surface area contributed by atoms with Gasteiger partial charge in [0.1, 0.15) is 6.61 Å². The van der Waals surface area contributed by atoms with Crippen molar-refractivity contribution in [1.29, 1.82) is 0 Å². The molecule has 0 heterocycles. The third-order valence-electron chi connectivity index (χ3n) is 8.49. The van der Waals surface area contributed by atoms with Gasteiger partial charge in [-0.3, -0.25) is 0 Å². The van der Waals surface area contributed by atoms with Crippen LogP contribution in [0.4, 0.5) is 4.79 Å². The predicted molar refractivity (Wildman–Crippen MR) is 257 cm³/mol. The van der Waals surface area contributed by atoms with Gasteiger partial charge >= 0.3 is 6.16 Å². The molecule has 0 aromatic heterocycles. The summed E-state index contributed by atoms with van der Waals surface area (Å²) < 4.78 is 129. The largest absolute Gasteiger partial charge is 0.508 e. The SMILES string of the molecule is COCCOCCOCCOCCOCCOCCOCCOCCOCCOCCOCCOCCOCCOCCOCCOCCOCCOCCOCCOCCOCCOCCOC(=O)OC. The van der Waals surface area contributed by atoms with Crippen molar-refractivity contribution in [1.82, 2.24) is 0 Å². The minimum absolute atomic E-state index is 0.137. The molecule has 0 saturated heterocycles. The lowest BCUT2D eigenvalue weighted by molar-refractivity contribution is -0.0318. The van der Waals surface area contributed by atoms with E-state index >= 15 is 0 Å². The molecule has 0 aliphatic rings. The third-order valence-corrected chi connectivity index (χ3v) is 8.49. The first-order valence-corrected chi connectivity index (χ1v) is 25.1. The number of ether oxygens (including phenoxy) is 24. The van der Waals surface area contributed by atoms with E-state index in [4.69, 9.17) is 109 Å². The summed E-state index contributed by atoms with van der Waals surface area (Å²) in [5, 5.41) is 0. The lowest BCUT2D eigenvalue weighted by Gasteiger charge is -2.09. The Morgan fingerprint density at radius 1 is 0.181 bits per heavy atom. The molecule has 0 saturated carbocycles. The summed E-state index contributed by atoms with van der Waals surface area (Å²) in [4.78, 5) is 10.8. The minimum atomic E-state index is -0.728. The zero-order valence-corrected chi connectivity index (χ0v) is 43.8. The fraction of sp³-hybridized carbons (Fsp3) is 0.979. The van der Waals surface area contributed by atoms with Crippen LogP contribution in [0.3, 0.4) is 0 Å². The number of carbonyl (C=O) groups is 1. The highest BCUT2D eigenvalue weighted by Gasteiger charge is 2.01. The van der Waals surface area contributed by atoms with Crippen LogP contribution in [0.1, 0.15) is 0 Å². The number of carbonyl (C=O) groups excluding carboxylic acids is 1. The van der Waals surface area contributed by atoms with Crippen LogP contribution in [0.25, 0.3) is 0 Å². The monoisotopic (exact) mass is 1060 g/mol. The van der Waals surface area contributed by atoms with Crippen LogP contribution in [-0.2, 0) is 114 Å². The Balaban J connectivity index is 3.08. The van der Waals surface area contributed by atoms with Crippen LogP contribution in [0.15, 0.2) is 0 Å². The van der Waals surface area contributed by atoms with Gasteiger partial charge in [-0.15, -0.1) is 0 Å². The van der Waals surface area contributed by atoms with E-state index in [-0.39, 0.29) is 13.2 Å². The van der Waals surface area contributed by atoms with Crippen molar-refractivity contribution in [3.8, 4) is 0 Å². The second kappa shape index (κ2) is 67.4. The van der Waals surface area contributed by atoms with Crippen LogP contribution < -0.4 is 0 Å². The molecular weight excluding hydrogens is 964 g/mol. The van der Waals surface area contributed by atoms with Crippen LogP contribution in [0, 0.1) is 0 Å². The Hall–Kier alpha value is -1.61. The van der Waals surface area contributed by atoms with Gasteiger partial charge in [0, 0.05) is 7.11 Å². The molecule has 0 aromatic carbocycles. The van der Waals surface area contributed by atoms with E-state index in [0.29, 0.717) is 277 Å². The van der Waals surface area contributed by atoms with E-state index in [1.54, 1.807) is 7.11 Å². The van der Waals surface area contributed by atoms with Crippen LogP contribution in [-0.4, -0.2) is 311 Å². The third kappa shape index (κ3) is 66.4. The number of hydrogen-bond donors (Lipinski definition) is 0. The number of rotatable bonds is 66. The van der Waals surface area contributed by atoms with Crippen molar-refractivity contribution >= 4 is 6.16 Å². The van der Waals surface area contributed by atoms with E-state index in [2.05, 4.69) is 4.74 Å². The second-order valence-electron chi connectivity index (χ2n) is 14.2. The van der Waals surface area contributed by atoms with Gasteiger partial charge in [-0.25, -0.2) is 4.79 Å². The highest BCUT2D eigenvalue weighted by Crippen LogP contribution is 1.91. The standard InChI is InChI=1S/C47H94O25/c1-49-3-4-51-5-6-52-7-8-53-9-10-54-11-12-55-13-14-56-15-16-57-17-18-58-19-20-59-21-22-60-23-24-61-25-26-62-27-28-63-29-30-64-31-32-65-33-34-66-35-36-67-37-38-68-39-40-69-41-42-70-43-44-71-45-46-72-47(48)50-2/h3-46H2,1-2H3. The fourth-order valence-corrected chi connectivity index (χ4v) is 4.89. The van der Waals surface area contributed by atoms with E-state index in [1.165, 1.54) is 7.11 Å². The van der Waals surface area contributed by atoms with Crippen molar-refractivity contribution in [2.75, 3.05) is 305 Å². The first-order chi connectivity index (χ1) is 35.8. The molecule has 0 aliphatic carbocycles. The molecule has 0 rings (SSSR count). The number of methoxy groups -OCH3 is 2. The summed E-state index contributed by atoms with van der Waals surface area (Å²) in [6.45, 7) is 21.0. The predicted octanol–water partition coefficient (Wildman–Crippen LogP) is 0.764. The summed E-state index contributed by atoms with van der Waals surface area (Å²) >= 11 is 0. The van der Waals surface area contributed by atoms with Crippen molar-refractivity contribution in [3.63, 3.8) is 0 Å². The van der Waals surface area contributed by atoms with Gasteiger partial charge in [-0.1, -0.05) is 0 Å². The molecule has 0 atom stereocenters. The quantitative estimate of drug-likeness (QED) is 0.0604. The minimum Gasteiger partial charge on any atom is -0.438 e. The molecule has 72 heavy (non-hydrogen) atoms. The molecule has 0 spiro atoms. The highest BCUT2D eigenvalue weighted by atomic mass is 16.7. The Morgan fingerprint density at radius 3 is 0.403 bits per heavy atom. The molecule has 0 radical (unpaired) electrons. The molecule has 0 N–H and O–H groups in total. The normalized spacial score (nSPS) is 11.6. The van der Waals surface area contributed by atoms with Gasteiger partial charge in [-0.05, 0) is 0 Å². The Kier molecular flexibility index (Phi) is 65.9. The maximum Gasteiger partial charge on any atom is 0.508 e. The first-order valence-electron chi connectivity index (χ1n) is 25.1. The maximum atomic E-state index is 10.8. The van der Waals surface area contributed by atoms with Crippen LogP contribution in [0.5, 0.6) is 0 Å². The average molecular weight is 1060 g/mol. The average Bonchev–Trinajstić information content (AvgIpc) is 3.39. The van der Waals surface area contributed by atoms with Crippen molar-refractivity contribution in [3.05, 3.63) is 0 Å². The highest BCUT2D eigenvalue weighted by molar-refractivity contribution is 5.59. The molecule has 0 amide bonds. The van der Waals surface area contributed by atoms with Crippen LogP contribution in [0.2, 0.25) is 0 Å².